The molecule has 1 aromatic rings. The van der Waals surface area contributed by atoms with Crippen molar-refractivity contribution >= 4 is 21.8 Å². The van der Waals surface area contributed by atoms with Crippen molar-refractivity contribution < 1.29 is 14.6 Å². The molecule has 0 aromatic heterocycles. The topological polar surface area (TPSA) is 58.6 Å². The maximum atomic E-state index is 11.9. The largest absolute Gasteiger partial charge is 0.479 e. The molecule has 0 spiro atoms. The number of nitrogens with one attached hydrogen (secondary N) is 1. The average molecular weight is 344 g/mol. The molecule has 1 unspecified atom stereocenters. The van der Waals surface area contributed by atoms with Gasteiger partial charge in [-0.3, -0.25) is 4.79 Å². The second kappa shape index (κ2) is 8.27. The molecule has 112 valence electrons. The summed E-state index contributed by atoms with van der Waals surface area (Å²) in [4.78, 5) is 11.9. The number of ether oxygens (including phenoxy) is 1. The number of para-hydroxylation sites is 1. The maximum Gasteiger partial charge on any atom is 0.260 e. The lowest BCUT2D eigenvalue weighted by atomic mass is 10.1. The Labute approximate surface area is 128 Å². The van der Waals surface area contributed by atoms with Crippen molar-refractivity contribution in [1.82, 2.24) is 5.32 Å². The summed E-state index contributed by atoms with van der Waals surface area (Å²) in [5.74, 6) is 0.919. The molecule has 1 amide bonds. The van der Waals surface area contributed by atoms with Gasteiger partial charge in [-0.1, -0.05) is 26.0 Å². The fourth-order valence-corrected chi connectivity index (χ4v) is 2.17. The number of hydrogen-bond donors (Lipinski definition) is 2. The number of halogens is 1. The molecule has 0 saturated heterocycles. The standard InChI is InChI=1S/C15H22BrNO3/c1-10(2)7-8-17-15(19)11(3)20-14-12(9-18)5-4-6-13(14)16/h4-6,10-11,18H,7-9H2,1-3H3,(H,17,19). The molecule has 0 bridgehead atoms. The molecule has 20 heavy (non-hydrogen) atoms. The molecular weight excluding hydrogens is 322 g/mol. The lowest BCUT2D eigenvalue weighted by Gasteiger charge is -2.18. The van der Waals surface area contributed by atoms with Crippen LogP contribution < -0.4 is 10.1 Å². The number of amides is 1. The number of hydrogen-bond acceptors (Lipinski definition) is 3. The molecule has 4 nitrogen and oxygen atoms in total. The molecule has 0 aliphatic carbocycles. The average Bonchev–Trinajstić information content (AvgIpc) is 2.40. The van der Waals surface area contributed by atoms with Gasteiger partial charge in [-0.05, 0) is 41.3 Å². The fourth-order valence-electron chi connectivity index (χ4n) is 1.67. The zero-order chi connectivity index (χ0) is 15.1. The van der Waals surface area contributed by atoms with Crippen LogP contribution in [0.2, 0.25) is 0 Å². The number of benzene rings is 1. The van der Waals surface area contributed by atoms with Gasteiger partial charge in [-0.25, -0.2) is 0 Å². The van der Waals surface area contributed by atoms with E-state index in [9.17, 15) is 9.90 Å². The van der Waals surface area contributed by atoms with E-state index in [2.05, 4.69) is 35.1 Å². The van der Waals surface area contributed by atoms with Crippen LogP contribution in [0.4, 0.5) is 0 Å². The lowest BCUT2D eigenvalue weighted by molar-refractivity contribution is -0.127. The fraction of sp³-hybridized carbons (Fsp3) is 0.533. The molecule has 0 radical (unpaired) electrons. The summed E-state index contributed by atoms with van der Waals surface area (Å²) < 4.78 is 6.40. The van der Waals surface area contributed by atoms with E-state index in [1.54, 1.807) is 13.0 Å². The number of carbonyl (C=O) groups is 1. The highest BCUT2D eigenvalue weighted by Crippen LogP contribution is 2.30. The van der Waals surface area contributed by atoms with Crippen LogP contribution in [-0.2, 0) is 11.4 Å². The van der Waals surface area contributed by atoms with Crippen LogP contribution in [-0.4, -0.2) is 23.7 Å². The summed E-state index contributed by atoms with van der Waals surface area (Å²) in [6, 6.07) is 5.40. The van der Waals surface area contributed by atoms with Crippen LogP contribution in [0.5, 0.6) is 5.75 Å². The predicted octanol–water partition coefficient (Wildman–Crippen LogP) is 2.87. The Hall–Kier alpha value is -1.07. The zero-order valence-electron chi connectivity index (χ0n) is 12.1. The van der Waals surface area contributed by atoms with E-state index in [1.165, 1.54) is 0 Å². The first-order valence-corrected chi connectivity index (χ1v) is 7.57. The number of aliphatic hydroxyl groups excluding tert-OH is 1. The molecule has 1 atom stereocenters. The van der Waals surface area contributed by atoms with Gasteiger partial charge in [-0.15, -0.1) is 0 Å². The van der Waals surface area contributed by atoms with Gasteiger partial charge in [0.05, 0.1) is 11.1 Å². The van der Waals surface area contributed by atoms with Gasteiger partial charge in [0.1, 0.15) is 5.75 Å². The first-order valence-electron chi connectivity index (χ1n) is 6.78. The van der Waals surface area contributed by atoms with E-state index < -0.39 is 6.10 Å². The third kappa shape index (κ3) is 5.13. The summed E-state index contributed by atoms with van der Waals surface area (Å²) in [6.07, 6.45) is 0.334. The Balaban J connectivity index is 2.61. The molecule has 1 aromatic carbocycles. The second-order valence-electron chi connectivity index (χ2n) is 5.12. The van der Waals surface area contributed by atoms with Crippen molar-refractivity contribution in [2.75, 3.05) is 6.54 Å². The van der Waals surface area contributed by atoms with Crippen LogP contribution >= 0.6 is 15.9 Å². The Morgan fingerprint density at radius 3 is 2.70 bits per heavy atom. The minimum Gasteiger partial charge on any atom is -0.479 e. The molecule has 2 N–H and O–H groups in total. The summed E-state index contributed by atoms with van der Waals surface area (Å²) in [6.45, 7) is 6.44. The van der Waals surface area contributed by atoms with Crippen molar-refractivity contribution in [2.24, 2.45) is 5.92 Å². The minimum absolute atomic E-state index is 0.129. The van der Waals surface area contributed by atoms with Crippen LogP contribution in [0.15, 0.2) is 22.7 Å². The molecular formula is C15H22BrNO3. The van der Waals surface area contributed by atoms with Gasteiger partial charge in [0.25, 0.3) is 5.91 Å². The van der Waals surface area contributed by atoms with Crippen LogP contribution in [0.3, 0.4) is 0 Å². The monoisotopic (exact) mass is 343 g/mol. The molecule has 0 aliphatic rings. The Kier molecular flexibility index (Phi) is 7.02. The van der Waals surface area contributed by atoms with E-state index in [0.717, 1.165) is 10.9 Å². The Morgan fingerprint density at radius 1 is 1.40 bits per heavy atom. The van der Waals surface area contributed by atoms with Crippen molar-refractivity contribution in [3.8, 4) is 5.75 Å². The molecule has 1 rings (SSSR count). The van der Waals surface area contributed by atoms with Crippen LogP contribution in [0, 0.1) is 5.92 Å². The molecule has 0 saturated carbocycles. The molecule has 0 aliphatic heterocycles. The highest BCUT2D eigenvalue weighted by Gasteiger charge is 2.17. The summed E-state index contributed by atoms with van der Waals surface area (Å²) in [5, 5.41) is 12.1. The quantitative estimate of drug-likeness (QED) is 0.800. The van der Waals surface area contributed by atoms with Crippen molar-refractivity contribution in [2.45, 2.75) is 39.9 Å². The van der Waals surface area contributed by atoms with E-state index in [1.807, 2.05) is 12.1 Å². The normalized spacial score (nSPS) is 12.3. The summed E-state index contributed by atoms with van der Waals surface area (Å²) in [5.41, 5.74) is 0.654. The van der Waals surface area contributed by atoms with Gasteiger partial charge < -0.3 is 15.2 Å². The van der Waals surface area contributed by atoms with E-state index in [0.29, 0.717) is 23.8 Å². The van der Waals surface area contributed by atoms with Crippen LogP contribution in [0.25, 0.3) is 0 Å². The van der Waals surface area contributed by atoms with E-state index in [4.69, 9.17) is 4.74 Å². The third-order valence-electron chi connectivity index (χ3n) is 2.90. The molecule has 5 heteroatoms. The highest BCUT2D eigenvalue weighted by atomic mass is 79.9. The predicted molar refractivity (Wildman–Crippen MR) is 82.6 cm³/mol. The number of aliphatic hydroxyl groups is 1. The maximum absolute atomic E-state index is 11.9. The van der Waals surface area contributed by atoms with Crippen molar-refractivity contribution in [3.63, 3.8) is 0 Å². The molecule has 0 fully saturated rings. The number of rotatable bonds is 7. The number of carbonyl (C=O) groups excluding carboxylic acids is 1. The highest BCUT2D eigenvalue weighted by molar-refractivity contribution is 9.10. The van der Waals surface area contributed by atoms with Gasteiger partial charge >= 0.3 is 0 Å². The second-order valence-corrected chi connectivity index (χ2v) is 5.97. The van der Waals surface area contributed by atoms with Crippen molar-refractivity contribution in [3.05, 3.63) is 28.2 Å². The third-order valence-corrected chi connectivity index (χ3v) is 3.53. The Bertz CT molecular complexity index is 449. The smallest absolute Gasteiger partial charge is 0.260 e. The van der Waals surface area contributed by atoms with Gasteiger partial charge in [0.2, 0.25) is 0 Å². The molecule has 0 heterocycles. The Morgan fingerprint density at radius 2 is 2.10 bits per heavy atom. The first-order chi connectivity index (χ1) is 9.45. The van der Waals surface area contributed by atoms with Crippen LogP contribution in [0.1, 0.15) is 32.8 Å². The minimum atomic E-state index is -0.605. The summed E-state index contributed by atoms with van der Waals surface area (Å²) >= 11 is 3.37. The lowest BCUT2D eigenvalue weighted by Crippen LogP contribution is -2.37. The SMILES string of the molecule is CC(C)CCNC(=O)C(C)Oc1c(Br)cccc1CO. The first kappa shape index (κ1) is 17.0. The summed E-state index contributed by atoms with van der Waals surface area (Å²) in [7, 11) is 0. The van der Waals surface area contributed by atoms with Gasteiger partial charge in [-0.2, -0.15) is 0 Å². The van der Waals surface area contributed by atoms with Crippen molar-refractivity contribution in [1.29, 1.82) is 0 Å². The zero-order valence-corrected chi connectivity index (χ0v) is 13.7. The van der Waals surface area contributed by atoms with E-state index in [-0.39, 0.29) is 12.5 Å². The van der Waals surface area contributed by atoms with Gasteiger partial charge in [0.15, 0.2) is 6.10 Å². The van der Waals surface area contributed by atoms with Gasteiger partial charge in [0, 0.05) is 12.1 Å². The van der Waals surface area contributed by atoms with E-state index >= 15 is 0 Å².